The number of nitrogens with zero attached hydrogens (tertiary/aromatic N) is 2. The summed E-state index contributed by atoms with van der Waals surface area (Å²) in [4.78, 5) is 9.92. The molecule has 1 fully saturated rings. The van der Waals surface area contributed by atoms with E-state index in [0.29, 0.717) is 6.04 Å². The molecule has 0 spiro atoms. The van der Waals surface area contributed by atoms with Gasteiger partial charge in [-0.25, -0.2) is 10.8 Å². The number of nitrogens with two attached hydrogens (primary N) is 1. The minimum absolute atomic E-state index is 0.475. The molecule has 0 atom stereocenters. The zero-order valence-corrected chi connectivity index (χ0v) is 9.19. The molecular weight excluding hydrogens is 196 g/mol. The molecule has 0 aliphatic heterocycles. The van der Waals surface area contributed by atoms with Crippen LogP contribution in [0.1, 0.15) is 28.4 Å². The van der Waals surface area contributed by atoms with Gasteiger partial charge in [0.15, 0.2) is 5.84 Å². The first kappa shape index (κ1) is 9.61. The molecular formula is C9H14N4S. The molecule has 0 aromatic carbocycles. The van der Waals surface area contributed by atoms with Gasteiger partial charge < -0.3 is 5.43 Å². The topological polar surface area (TPSA) is 63.3 Å². The van der Waals surface area contributed by atoms with Crippen LogP contribution < -0.4 is 11.3 Å². The van der Waals surface area contributed by atoms with Gasteiger partial charge in [0.25, 0.3) is 0 Å². The molecule has 1 saturated carbocycles. The maximum atomic E-state index is 5.46. The van der Waals surface area contributed by atoms with Gasteiger partial charge >= 0.3 is 0 Å². The first-order valence-corrected chi connectivity index (χ1v) is 5.51. The molecule has 2 rings (SSSR count). The predicted molar refractivity (Wildman–Crippen MR) is 58.5 cm³/mol. The molecule has 0 amide bonds. The Morgan fingerprint density at radius 3 is 2.71 bits per heavy atom. The third-order valence-electron chi connectivity index (χ3n) is 2.11. The Balaban J connectivity index is 2.30. The maximum absolute atomic E-state index is 5.46. The SMILES string of the molecule is Cc1nc(C)c(C(=NC2CC2)NN)s1. The van der Waals surface area contributed by atoms with E-state index in [2.05, 4.69) is 15.4 Å². The van der Waals surface area contributed by atoms with Crippen LogP contribution in [0.4, 0.5) is 0 Å². The van der Waals surface area contributed by atoms with E-state index < -0.39 is 0 Å². The molecule has 1 aliphatic carbocycles. The van der Waals surface area contributed by atoms with Crippen LogP contribution in [-0.4, -0.2) is 16.9 Å². The molecule has 1 aliphatic rings. The van der Waals surface area contributed by atoms with E-state index in [1.165, 1.54) is 12.8 Å². The first-order chi connectivity index (χ1) is 6.70. The fraction of sp³-hybridized carbons (Fsp3) is 0.556. The molecule has 1 aromatic heterocycles. The average Bonchev–Trinajstić information content (AvgIpc) is 2.89. The monoisotopic (exact) mass is 210 g/mol. The van der Waals surface area contributed by atoms with Crippen molar-refractivity contribution in [3.8, 4) is 0 Å². The van der Waals surface area contributed by atoms with Gasteiger partial charge in [-0.2, -0.15) is 0 Å². The Kier molecular flexibility index (Phi) is 2.52. The Morgan fingerprint density at radius 1 is 1.57 bits per heavy atom. The van der Waals surface area contributed by atoms with Crippen molar-refractivity contribution in [3.63, 3.8) is 0 Å². The lowest BCUT2D eigenvalue weighted by Gasteiger charge is -2.02. The predicted octanol–water partition coefficient (Wildman–Crippen LogP) is 1.13. The standard InChI is InChI=1S/C9H14N4S/c1-5-8(14-6(2)11-5)9(13-10)12-7-3-4-7/h7H,3-4,10H2,1-2H3,(H,12,13). The van der Waals surface area contributed by atoms with E-state index in [1.807, 2.05) is 13.8 Å². The number of hydrogen-bond donors (Lipinski definition) is 2. The molecule has 1 heterocycles. The fourth-order valence-electron chi connectivity index (χ4n) is 1.30. The van der Waals surface area contributed by atoms with Crippen LogP contribution in [-0.2, 0) is 0 Å². The zero-order valence-electron chi connectivity index (χ0n) is 8.37. The summed E-state index contributed by atoms with van der Waals surface area (Å²) in [5, 5.41) is 1.05. The third-order valence-corrected chi connectivity index (χ3v) is 3.19. The van der Waals surface area contributed by atoms with E-state index in [-0.39, 0.29) is 0 Å². The number of aromatic nitrogens is 1. The molecule has 5 heteroatoms. The van der Waals surface area contributed by atoms with Crippen molar-refractivity contribution in [3.05, 3.63) is 15.6 Å². The van der Waals surface area contributed by atoms with E-state index in [0.717, 1.165) is 21.4 Å². The molecule has 76 valence electrons. The van der Waals surface area contributed by atoms with Gasteiger partial charge in [0.2, 0.25) is 0 Å². The van der Waals surface area contributed by atoms with Gasteiger partial charge in [-0.3, -0.25) is 4.99 Å². The van der Waals surface area contributed by atoms with Crippen molar-refractivity contribution in [1.82, 2.24) is 10.4 Å². The Bertz CT molecular complexity index is 365. The van der Waals surface area contributed by atoms with Crippen LogP contribution in [0.3, 0.4) is 0 Å². The number of rotatable bonds is 2. The quantitative estimate of drug-likeness (QED) is 0.333. The summed E-state index contributed by atoms with van der Waals surface area (Å²) in [6, 6.07) is 0.475. The number of hydrogen-bond acceptors (Lipinski definition) is 4. The van der Waals surface area contributed by atoms with Crippen LogP contribution >= 0.6 is 11.3 Å². The van der Waals surface area contributed by atoms with E-state index in [9.17, 15) is 0 Å². The lowest BCUT2D eigenvalue weighted by molar-refractivity contribution is 0.971. The first-order valence-electron chi connectivity index (χ1n) is 4.69. The van der Waals surface area contributed by atoms with E-state index in [4.69, 9.17) is 5.84 Å². The van der Waals surface area contributed by atoms with Gasteiger partial charge in [0.1, 0.15) is 0 Å². The molecule has 0 radical (unpaired) electrons. The normalized spacial score (nSPS) is 17.2. The second-order valence-electron chi connectivity index (χ2n) is 3.50. The minimum atomic E-state index is 0.475. The lowest BCUT2D eigenvalue weighted by Crippen LogP contribution is -2.31. The van der Waals surface area contributed by atoms with Crippen molar-refractivity contribution in [2.75, 3.05) is 0 Å². The van der Waals surface area contributed by atoms with Crippen LogP contribution in [0.15, 0.2) is 4.99 Å². The summed E-state index contributed by atoms with van der Waals surface area (Å²) in [6.45, 7) is 3.98. The van der Waals surface area contributed by atoms with Gasteiger partial charge in [-0.1, -0.05) is 0 Å². The highest BCUT2D eigenvalue weighted by atomic mass is 32.1. The zero-order chi connectivity index (χ0) is 10.1. The van der Waals surface area contributed by atoms with Gasteiger partial charge in [-0.15, -0.1) is 11.3 Å². The summed E-state index contributed by atoms with van der Waals surface area (Å²) >= 11 is 1.63. The van der Waals surface area contributed by atoms with Crippen molar-refractivity contribution < 1.29 is 0 Å². The second kappa shape index (κ2) is 3.67. The molecule has 0 saturated heterocycles. The largest absolute Gasteiger partial charge is 0.308 e. The molecule has 0 bridgehead atoms. The number of nitrogens with one attached hydrogen (secondary N) is 1. The number of amidine groups is 1. The van der Waals surface area contributed by atoms with Crippen molar-refractivity contribution >= 4 is 17.2 Å². The molecule has 4 nitrogen and oxygen atoms in total. The summed E-state index contributed by atoms with van der Waals surface area (Å²) in [5.74, 6) is 6.24. The highest BCUT2D eigenvalue weighted by Gasteiger charge is 2.22. The Morgan fingerprint density at radius 2 is 2.29 bits per heavy atom. The number of aryl methyl sites for hydroxylation is 2. The van der Waals surface area contributed by atoms with E-state index >= 15 is 0 Å². The molecule has 14 heavy (non-hydrogen) atoms. The Hall–Kier alpha value is -0.940. The second-order valence-corrected chi connectivity index (χ2v) is 4.70. The highest BCUT2D eigenvalue weighted by Crippen LogP contribution is 2.25. The summed E-state index contributed by atoms with van der Waals surface area (Å²) in [6.07, 6.45) is 2.37. The summed E-state index contributed by atoms with van der Waals surface area (Å²) in [7, 11) is 0. The number of thiazole rings is 1. The lowest BCUT2D eigenvalue weighted by atomic mass is 10.3. The highest BCUT2D eigenvalue weighted by molar-refractivity contribution is 7.13. The summed E-state index contributed by atoms with van der Waals surface area (Å²) in [5.41, 5.74) is 3.67. The van der Waals surface area contributed by atoms with Gasteiger partial charge in [-0.05, 0) is 26.7 Å². The van der Waals surface area contributed by atoms with Crippen molar-refractivity contribution in [1.29, 1.82) is 0 Å². The van der Waals surface area contributed by atoms with Crippen molar-refractivity contribution in [2.24, 2.45) is 10.8 Å². The van der Waals surface area contributed by atoms with Crippen LogP contribution in [0.5, 0.6) is 0 Å². The number of hydrazine groups is 1. The molecule has 3 N–H and O–H groups in total. The van der Waals surface area contributed by atoms with Crippen LogP contribution in [0.2, 0.25) is 0 Å². The van der Waals surface area contributed by atoms with Crippen LogP contribution in [0, 0.1) is 13.8 Å². The number of aliphatic imine (C=N–C) groups is 1. The molecule has 1 aromatic rings. The average molecular weight is 210 g/mol. The maximum Gasteiger partial charge on any atom is 0.155 e. The Labute approximate surface area is 87.2 Å². The smallest absolute Gasteiger partial charge is 0.155 e. The van der Waals surface area contributed by atoms with E-state index in [1.54, 1.807) is 11.3 Å². The molecule has 0 unspecified atom stereocenters. The van der Waals surface area contributed by atoms with Crippen molar-refractivity contribution in [2.45, 2.75) is 32.7 Å². The fourth-order valence-corrected chi connectivity index (χ4v) is 2.18. The minimum Gasteiger partial charge on any atom is -0.308 e. The van der Waals surface area contributed by atoms with Gasteiger partial charge in [0, 0.05) is 0 Å². The third kappa shape index (κ3) is 1.93. The van der Waals surface area contributed by atoms with Gasteiger partial charge in [0.05, 0.1) is 21.6 Å². The van der Waals surface area contributed by atoms with Crippen LogP contribution in [0.25, 0.3) is 0 Å². The summed E-state index contributed by atoms with van der Waals surface area (Å²) < 4.78 is 0.